The normalized spacial score (nSPS) is 11.1. The number of halogens is 3. The Morgan fingerprint density at radius 3 is 2.92 bits per heavy atom. The molecule has 0 amide bonds. The van der Waals surface area contributed by atoms with Crippen molar-refractivity contribution in [1.29, 1.82) is 0 Å². The Morgan fingerprint density at radius 1 is 1.54 bits per heavy atom. The molecule has 2 rings (SSSR count). The molecule has 0 bridgehead atoms. The molecule has 0 aliphatic rings. The molecule has 2 nitrogen and oxygen atoms in total. The van der Waals surface area contributed by atoms with E-state index in [1.54, 1.807) is 19.2 Å². The Kier molecular flexibility index (Phi) is 2.19. The first-order chi connectivity index (χ1) is 6.11. The third-order valence-corrected chi connectivity index (χ3v) is 3.09. The fourth-order valence-electron chi connectivity index (χ4n) is 1.19. The van der Waals surface area contributed by atoms with Gasteiger partial charge in [-0.15, -0.1) is 0 Å². The van der Waals surface area contributed by atoms with Gasteiger partial charge in [-0.1, -0.05) is 11.6 Å². The van der Waals surface area contributed by atoms with Crippen molar-refractivity contribution in [1.82, 2.24) is 9.78 Å². The molecule has 0 spiro atoms. The molecule has 1 aromatic heterocycles. The highest BCUT2D eigenvalue weighted by atomic mass is 127. The lowest BCUT2D eigenvalue weighted by Gasteiger charge is -1.94. The molecular formula is C8H5ClFIN2. The molecule has 0 saturated heterocycles. The summed E-state index contributed by atoms with van der Waals surface area (Å²) in [6, 6.07) is 3.44. The zero-order chi connectivity index (χ0) is 9.59. The molecule has 1 heterocycles. The molecule has 0 unspecified atom stereocenters. The quantitative estimate of drug-likeness (QED) is 0.684. The molecule has 1 aromatic carbocycles. The highest BCUT2D eigenvalue weighted by Crippen LogP contribution is 2.27. The van der Waals surface area contributed by atoms with E-state index < -0.39 is 0 Å². The molecular weight excluding hydrogens is 305 g/mol. The zero-order valence-electron chi connectivity index (χ0n) is 6.68. The minimum absolute atomic E-state index is 0.295. The minimum Gasteiger partial charge on any atom is -0.256 e. The Morgan fingerprint density at radius 2 is 2.23 bits per heavy atom. The van der Waals surface area contributed by atoms with E-state index in [1.807, 2.05) is 22.6 Å². The molecule has 2 aromatic rings. The first-order valence-electron chi connectivity index (χ1n) is 3.57. The van der Waals surface area contributed by atoms with E-state index in [1.165, 1.54) is 4.68 Å². The standard InChI is InChI=1S/C8H5ClFIN2/c1-13-8(9)6-5(12-13)3-2-4(11)7(6)10/h2-3H,1H3. The number of nitrogens with zero attached hydrogens (tertiary/aromatic N) is 2. The summed E-state index contributed by atoms with van der Waals surface area (Å²) < 4.78 is 15.5. The van der Waals surface area contributed by atoms with Crippen molar-refractivity contribution < 1.29 is 4.39 Å². The van der Waals surface area contributed by atoms with Gasteiger partial charge in [-0.05, 0) is 34.7 Å². The summed E-state index contributed by atoms with van der Waals surface area (Å²) in [6.07, 6.45) is 0. The molecule has 5 heteroatoms. The fourth-order valence-corrected chi connectivity index (χ4v) is 1.85. The predicted molar refractivity (Wildman–Crippen MR) is 58.4 cm³/mol. The van der Waals surface area contributed by atoms with E-state index in [0.29, 0.717) is 19.6 Å². The predicted octanol–water partition coefficient (Wildman–Crippen LogP) is 2.97. The number of aromatic nitrogens is 2. The average Bonchev–Trinajstić information content (AvgIpc) is 2.37. The number of aryl methyl sites for hydroxylation is 1. The van der Waals surface area contributed by atoms with Crippen molar-refractivity contribution >= 4 is 45.1 Å². The van der Waals surface area contributed by atoms with Gasteiger partial charge >= 0.3 is 0 Å². The van der Waals surface area contributed by atoms with Crippen LogP contribution in [0.15, 0.2) is 12.1 Å². The van der Waals surface area contributed by atoms with Gasteiger partial charge in [-0.25, -0.2) is 4.39 Å². The van der Waals surface area contributed by atoms with Gasteiger partial charge in [0, 0.05) is 10.6 Å². The van der Waals surface area contributed by atoms with Gasteiger partial charge < -0.3 is 0 Å². The smallest absolute Gasteiger partial charge is 0.149 e. The largest absolute Gasteiger partial charge is 0.256 e. The van der Waals surface area contributed by atoms with Crippen LogP contribution in [0.25, 0.3) is 10.9 Å². The van der Waals surface area contributed by atoms with Gasteiger partial charge in [0.1, 0.15) is 11.0 Å². The first kappa shape index (κ1) is 9.21. The van der Waals surface area contributed by atoms with E-state index >= 15 is 0 Å². The summed E-state index contributed by atoms with van der Waals surface area (Å²) in [5.41, 5.74) is 0.588. The van der Waals surface area contributed by atoms with E-state index in [9.17, 15) is 4.39 Å². The van der Waals surface area contributed by atoms with Crippen molar-refractivity contribution in [2.45, 2.75) is 0 Å². The molecule has 0 N–H and O–H groups in total. The molecule has 0 fully saturated rings. The van der Waals surface area contributed by atoms with Crippen LogP contribution in [-0.2, 0) is 7.05 Å². The third-order valence-electron chi connectivity index (χ3n) is 1.82. The molecule has 0 radical (unpaired) electrons. The van der Waals surface area contributed by atoms with Crippen LogP contribution in [0.5, 0.6) is 0 Å². The monoisotopic (exact) mass is 310 g/mol. The summed E-state index contributed by atoms with van der Waals surface area (Å²) in [5, 5.41) is 4.79. The molecule has 0 aliphatic heterocycles. The van der Waals surface area contributed by atoms with Crippen LogP contribution in [0, 0.1) is 9.39 Å². The maximum Gasteiger partial charge on any atom is 0.149 e. The Hall–Kier alpha value is -0.360. The van der Waals surface area contributed by atoms with Gasteiger partial charge in [0.15, 0.2) is 0 Å². The van der Waals surface area contributed by atoms with Gasteiger partial charge in [-0.3, -0.25) is 4.68 Å². The average molecular weight is 310 g/mol. The first-order valence-corrected chi connectivity index (χ1v) is 5.03. The van der Waals surface area contributed by atoms with Gasteiger partial charge in [0.25, 0.3) is 0 Å². The summed E-state index contributed by atoms with van der Waals surface area (Å²) in [7, 11) is 1.69. The lowest BCUT2D eigenvalue weighted by atomic mass is 10.2. The summed E-state index contributed by atoms with van der Waals surface area (Å²) >= 11 is 7.80. The van der Waals surface area contributed by atoms with E-state index in [-0.39, 0.29) is 5.82 Å². The lowest BCUT2D eigenvalue weighted by Crippen LogP contribution is -1.87. The molecule has 0 atom stereocenters. The maximum absolute atomic E-state index is 13.5. The van der Waals surface area contributed by atoms with E-state index in [2.05, 4.69) is 5.10 Å². The zero-order valence-corrected chi connectivity index (χ0v) is 9.60. The lowest BCUT2D eigenvalue weighted by molar-refractivity contribution is 0.632. The van der Waals surface area contributed by atoms with Crippen molar-refractivity contribution in [2.24, 2.45) is 7.05 Å². The van der Waals surface area contributed by atoms with Crippen molar-refractivity contribution in [3.05, 3.63) is 26.7 Å². The Bertz CT molecular complexity index is 480. The SMILES string of the molecule is Cn1nc2ccc(I)c(F)c2c1Cl. The van der Waals surface area contributed by atoms with Crippen LogP contribution in [0.4, 0.5) is 4.39 Å². The van der Waals surface area contributed by atoms with Crippen LogP contribution in [-0.4, -0.2) is 9.78 Å². The summed E-state index contributed by atoms with van der Waals surface area (Å²) in [6.45, 7) is 0. The van der Waals surface area contributed by atoms with Gasteiger partial charge in [0.05, 0.1) is 10.9 Å². The second kappa shape index (κ2) is 3.09. The topological polar surface area (TPSA) is 17.8 Å². The van der Waals surface area contributed by atoms with Crippen molar-refractivity contribution in [3.8, 4) is 0 Å². The van der Waals surface area contributed by atoms with Crippen LogP contribution in [0.3, 0.4) is 0 Å². The molecule has 0 aliphatic carbocycles. The van der Waals surface area contributed by atoms with Crippen LogP contribution in [0.2, 0.25) is 5.15 Å². The van der Waals surface area contributed by atoms with Crippen LogP contribution < -0.4 is 0 Å². The number of fused-ring (bicyclic) bond motifs is 1. The second-order valence-corrected chi connectivity index (χ2v) is 4.19. The fraction of sp³-hybridized carbons (Fsp3) is 0.125. The van der Waals surface area contributed by atoms with Gasteiger partial charge in [-0.2, -0.15) is 5.10 Å². The molecule has 13 heavy (non-hydrogen) atoms. The highest BCUT2D eigenvalue weighted by Gasteiger charge is 2.13. The minimum atomic E-state index is -0.295. The van der Waals surface area contributed by atoms with Crippen LogP contribution >= 0.6 is 34.2 Å². The van der Waals surface area contributed by atoms with E-state index in [0.717, 1.165) is 0 Å². The number of benzene rings is 1. The van der Waals surface area contributed by atoms with Crippen molar-refractivity contribution in [2.75, 3.05) is 0 Å². The van der Waals surface area contributed by atoms with Crippen LogP contribution in [0.1, 0.15) is 0 Å². The number of hydrogen-bond acceptors (Lipinski definition) is 1. The molecule has 0 saturated carbocycles. The Balaban J connectivity index is 2.97. The number of hydrogen-bond donors (Lipinski definition) is 0. The van der Waals surface area contributed by atoms with E-state index in [4.69, 9.17) is 11.6 Å². The van der Waals surface area contributed by atoms with Crippen molar-refractivity contribution in [3.63, 3.8) is 0 Å². The molecule has 68 valence electrons. The third kappa shape index (κ3) is 1.32. The Labute approximate surface area is 92.8 Å². The van der Waals surface area contributed by atoms with Gasteiger partial charge in [0.2, 0.25) is 0 Å². The highest BCUT2D eigenvalue weighted by molar-refractivity contribution is 14.1. The maximum atomic E-state index is 13.5. The second-order valence-electron chi connectivity index (χ2n) is 2.67. The summed E-state index contributed by atoms with van der Waals surface area (Å²) in [4.78, 5) is 0. The number of rotatable bonds is 0. The summed E-state index contributed by atoms with van der Waals surface area (Å²) in [5.74, 6) is -0.295.